The van der Waals surface area contributed by atoms with E-state index in [-0.39, 0.29) is 17.6 Å². The molecular formula is C11H17N5O3. The Hall–Kier alpha value is -1.96. The molecule has 0 unspecified atom stereocenters. The predicted octanol–water partition coefficient (Wildman–Crippen LogP) is 0.918. The summed E-state index contributed by atoms with van der Waals surface area (Å²) in [5, 5.41) is 26.0. The number of aromatic nitrogens is 2. The zero-order chi connectivity index (χ0) is 14.0. The number of aliphatic hydroxyl groups excluding tert-OH is 1. The largest absolute Gasteiger partial charge is 0.393 e. The fourth-order valence-electron chi connectivity index (χ4n) is 2.13. The average molecular weight is 267 g/mol. The topological polar surface area (TPSA) is 113 Å². The maximum absolute atomic E-state index is 11.0. The number of aliphatic hydroxyl groups is 1. The fraction of sp³-hybridized carbons (Fsp3) is 0.636. The molecular weight excluding hydrogens is 250 g/mol. The molecule has 0 bridgehead atoms. The van der Waals surface area contributed by atoms with E-state index in [1.165, 1.54) is 0 Å². The van der Waals surface area contributed by atoms with Crippen LogP contribution in [0.2, 0.25) is 0 Å². The van der Waals surface area contributed by atoms with Crippen molar-refractivity contribution in [1.29, 1.82) is 0 Å². The van der Waals surface area contributed by atoms with Crippen LogP contribution in [0.1, 0.15) is 18.5 Å². The van der Waals surface area contributed by atoms with Gasteiger partial charge in [-0.05, 0) is 25.7 Å². The van der Waals surface area contributed by atoms with Crippen LogP contribution in [0.3, 0.4) is 0 Å². The van der Waals surface area contributed by atoms with Crippen molar-refractivity contribution in [3.05, 3.63) is 15.8 Å². The molecule has 0 radical (unpaired) electrons. The van der Waals surface area contributed by atoms with Gasteiger partial charge in [-0.25, -0.2) is 4.98 Å². The summed E-state index contributed by atoms with van der Waals surface area (Å²) in [7, 11) is 1.66. The van der Waals surface area contributed by atoms with Crippen molar-refractivity contribution < 1.29 is 10.0 Å². The SMILES string of the molecule is CNc1nc(C)c([N+](=O)[O-])c(NCC2CC(O)C2)n1. The maximum atomic E-state index is 11.0. The lowest BCUT2D eigenvalue weighted by molar-refractivity contribution is -0.385. The quantitative estimate of drug-likeness (QED) is 0.537. The van der Waals surface area contributed by atoms with E-state index in [0.717, 1.165) is 12.8 Å². The monoisotopic (exact) mass is 267 g/mol. The third kappa shape index (κ3) is 2.90. The second kappa shape index (κ2) is 5.35. The normalized spacial score (nSPS) is 21.6. The van der Waals surface area contributed by atoms with Gasteiger partial charge in [0.25, 0.3) is 0 Å². The standard InChI is InChI=1S/C11H17N5O3/c1-6-9(16(18)19)10(15-11(12-2)14-6)13-5-7-3-8(17)4-7/h7-8,17H,3-5H2,1-2H3,(H2,12,13,14,15). The molecule has 1 aliphatic carbocycles. The summed E-state index contributed by atoms with van der Waals surface area (Å²) >= 11 is 0. The molecule has 0 amide bonds. The van der Waals surface area contributed by atoms with E-state index in [0.29, 0.717) is 24.1 Å². The van der Waals surface area contributed by atoms with Crippen LogP contribution >= 0.6 is 0 Å². The van der Waals surface area contributed by atoms with Crippen molar-refractivity contribution in [2.75, 3.05) is 24.2 Å². The molecule has 19 heavy (non-hydrogen) atoms. The Bertz CT molecular complexity index is 487. The van der Waals surface area contributed by atoms with E-state index in [1.54, 1.807) is 14.0 Å². The fourth-order valence-corrected chi connectivity index (χ4v) is 2.13. The molecule has 1 aliphatic rings. The zero-order valence-corrected chi connectivity index (χ0v) is 10.9. The summed E-state index contributed by atoms with van der Waals surface area (Å²) in [4.78, 5) is 18.7. The minimum absolute atomic E-state index is 0.0983. The zero-order valence-electron chi connectivity index (χ0n) is 10.9. The highest BCUT2D eigenvalue weighted by atomic mass is 16.6. The van der Waals surface area contributed by atoms with E-state index in [1.807, 2.05) is 0 Å². The van der Waals surface area contributed by atoms with Gasteiger partial charge in [0.2, 0.25) is 11.8 Å². The van der Waals surface area contributed by atoms with Crippen molar-refractivity contribution in [2.45, 2.75) is 25.9 Å². The van der Waals surface area contributed by atoms with Gasteiger partial charge in [-0.2, -0.15) is 4.98 Å². The Morgan fingerprint density at radius 1 is 1.47 bits per heavy atom. The predicted molar refractivity (Wildman–Crippen MR) is 70.2 cm³/mol. The number of anilines is 2. The summed E-state index contributed by atoms with van der Waals surface area (Å²) < 4.78 is 0. The molecule has 2 rings (SSSR count). The van der Waals surface area contributed by atoms with Gasteiger partial charge in [0.05, 0.1) is 11.0 Å². The van der Waals surface area contributed by atoms with E-state index < -0.39 is 4.92 Å². The smallest absolute Gasteiger partial charge is 0.332 e. The summed E-state index contributed by atoms with van der Waals surface area (Å²) in [6.45, 7) is 2.15. The molecule has 104 valence electrons. The molecule has 3 N–H and O–H groups in total. The lowest BCUT2D eigenvalue weighted by Gasteiger charge is -2.31. The molecule has 8 heteroatoms. The van der Waals surface area contributed by atoms with Crippen LogP contribution in [0, 0.1) is 23.0 Å². The van der Waals surface area contributed by atoms with E-state index in [4.69, 9.17) is 0 Å². The van der Waals surface area contributed by atoms with E-state index in [2.05, 4.69) is 20.6 Å². The molecule has 1 aromatic rings. The van der Waals surface area contributed by atoms with Crippen LogP contribution in [0.15, 0.2) is 0 Å². The molecule has 0 aliphatic heterocycles. The number of hydrogen-bond acceptors (Lipinski definition) is 7. The molecule has 1 aromatic heterocycles. The molecule has 0 saturated heterocycles. The Labute approximate surface area is 110 Å². The Morgan fingerprint density at radius 3 is 2.68 bits per heavy atom. The second-order valence-corrected chi connectivity index (χ2v) is 4.71. The molecule has 0 atom stereocenters. The van der Waals surface area contributed by atoms with Crippen molar-refractivity contribution in [2.24, 2.45) is 5.92 Å². The summed E-state index contributed by atoms with van der Waals surface area (Å²) in [5.74, 6) is 0.908. The first-order chi connectivity index (χ1) is 9.01. The lowest BCUT2D eigenvalue weighted by Crippen LogP contribution is -2.33. The number of nitrogens with zero attached hydrogens (tertiary/aromatic N) is 3. The molecule has 8 nitrogen and oxygen atoms in total. The average Bonchev–Trinajstić information content (AvgIpc) is 2.31. The molecule has 1 heterocycles. The van der Waals surface area contributed by atoms with Crippen molar-refractivity contribution >= 4 is 17.5 Å². The van der Waals surface area contributed by atoms with Gasteiger partial charge in [-0.15, -0.1) is 0 Å². The summed E-state index contributed by atoms with van der Waals surface area (Å²) in [6, 6.07) is 0. The summed E-state index contributed by atoms with van der Waals surface area (Å²) in [6.07, 6.45) is 1.22. The Morgan fingerprint density at radius 2 is 2.16 bits per heavy atom. The third-order valence-corrected chi connectivity index (χ3v) is 3.23. The van der Waals surface area contributed by atoms with Crippen molar-refractivity contribution in [1.82, 2.24) is 9.97 Å². The van der Waals surface area contributed by atoms with Crippen LogP contribution in [-0.4, -0.2) is 39.7 Å². The first kappa shape index (κ1) is 13.5. The van der Waals surface area contributed by atoms with Crippen LogP contribution in [0.25, 0.3) is 0 Å². The third-order valence-electron chi connectivity index (χ3n) is 3.23. The van der Waals surface area contributed by atoms with E-state index in [9.17, 15) is 15.2 Å². The van der Waals surface area contributed by atoms with Crippen molar-refractivity contribution in [3.63, 3.8) is 0 Å². The molecule has 1 saturated carbocycles. The van der Waals surface area contributed by atoms with Crippen LogP contribution in [0.4, 0.5) is 17.5 Å². The first-order valence-corrected chi connectivity index (χ1v) is 6.14. The van der Waals surface area contributed by atoms with Gasteiger partial charge >= 0.3 is 5.69 Å². The van der Waals surface area contributed by atoms with Gasteiger partial charge in [-0.3, -0.25) is 10.1 Å². The number of hydrogen-bond donors (Lipinski definition) is 3. The Kier molecular flexibility index (Phi) is 3.79. The Balaban J connectivity index is 2.16. The maximum Gasteiger partial charge on any atom is 0.332 e. The van der Waals surface area contributed by atoms with E-state index >= 15 is 0 Å². The number of nitro groups is 1. The van der Waals surface area contributed by atoms with Crippen LogP contribution < -0.4 is 10.6 Å². The minimum Gasteiger partial charge on any atom is -0.393 e. The van der Waals surface area contributed by atoms with Gasteiger partial charge in [0, 0.05) is 13.6 Å². The highest BCUT2D eigenvalue weighted by Gasteiger charge is 2.28. The molecule has 0 aromatic carbocycles. The lowest BCUT2D eigenvalue weighted by atomic mass is 9.82. The highest BCUT2D eigenvalue weighted by Crippen LogP contribution is 2.30. The van der Waals surface area contributed by atoms with Gasteiger partial charge < -0.3 is 15.7 Å². The van der Waals surface area contributed by atoms with Gasteiger partial charge in [-0.1, -0.05) is 0 Å². The minimum atomic E-state index is -0.479. The second-order valence-electron chi connectivity index (χ2n) is 4.71. The van der Waals surface area contributed by atoms with Crippen LogP contribution in [-0.2, 0) is 0 Å². The molecule has 0 spiro atoms. The summed E-state index contributed by atoms with van der Waals surface area (Å²) in [5.41, 5.74) is 0.222. The highest BCUT2D eigenvalue weighted by molar-refractivity contribution is 5.60. The number of rotatable bonds is 5. The van der Waals surface area contributed by atoms with Crippen LogP contribution in [0.5, 0.6) is 0 Å². The molecule has 1 fully saturated rings. The first-order valence-electron chi connectivity index (χ1n) is 6.14. The van der Waals surface area contributed by atoms with Crippen molar-refractivity contribution in [3.8, 4) is 0 Å². The number of aryl methyl sites for hydroxylation is 1. The van der Waals surface area contributed by atoms with Gasteiger partial charge in [0.15, 0.2) is 0 Å². The number of nitrogens with one attached hydrogen (secondary N) is 2. The van der Waals surface area contributed by atoms with Gasteiger partial charge in [0.1, 0.15) is 5.69 Å².